The molecule has 128 valence electrons. The lowest BCUT2D eigenvalue weighted by molar-refractivity contribution is -0.366. The van der Waals surface area contributed by atoms with E-state index in [1.807, 2.05) is 12.1 Å². The molecule has 3 fully saturated rings. The van der Waals surface area contributed by atoms with Gasteiger partial charge >= 0.3 is 0 Å². The van der Waals surface area contributed by atoms with Crippen molar-refractivity contribution in [3.05, 3.63) is 34.9 Å². The van der Waals surface area contributed by atoms with Crippen molar-refractivity contribution in [1.29, 1.82) is 0 Å². The van der Waals surface area contributed by atoms with Crippen molar-refractivity contribution in [3.8, 4) is 0 Å². The summed E-state index contributed by atoms with van der Waals surface area (Å²) in [5.41, 5.74) is 0.477. The summed E-state index contributed by atoms with van der Waals surface area (Å²) in [7, 11) is -4.05. The maximum Gasteiger partial charge on any atom is 0.265 e. The van der Waals surface area contributed by atoms with Crippen molar-refractivity contribution in [2.45, 2.75) is 32.0 Å². The van der Waals surface area contributed by atoms with Gasteiger partial charge in [-0.2, -0.15) is 8.42 Å². The van der Waals surface area contributed by atoms with Crippen LogP contribution in [0.4, 0.5) is 0 Å². The highest BCUT2D eigenvalue weighted by molar-refractivity contribution is 7.85. The Morgan fingerprint density at radius 2 is 1.87 bits per heavy atom. The SMILES string of the molecule is CCCC12COC(c3ccc(Cl)cc3)(CC1CS(=O)(=O)O)OC2. The molecule has 3 aliphatic heterocycles. The minimum Gasteiger partial charge on any atom is -0.345 e. The maximum atomic E-state index is 11.5. The summed E-state index contributed by atoms with van der Waals surface area (Å²) < 4.78 is 44.4. The molecule has 0 amide bonds. The molecule has 1 unspecified atom stereocenters. The van der Waals surface area contributed by atoms with E-state index in [2.05, 4.69) is 6.92 Å². The number of benzene rings is 1. The standard InChI is InChI=1S/C16H21ClO5S/c1-2-7-15-10-21-16(22-11-15,8-13(15)9-23(18,19)20)12-3-5-14(17)6-4-12/h3-6,13H,2,7-11H2,1H3,(H,18,19,20). The zero-order valence-corrected chi connectivity index (χ0v) is 14.6. The summed E-state index contributed by atoms with van der Waals surface area (Å²) in [6.45, 7) is 2.92. The van der Waals surface area contributed by atoms with Gasteiger partial charge in [-0.25, -0.2) is 0 Å². The first-order valence-electron chi connectivity index (χ1n) is 7.78. The lowest BCUT2D eigenvalue weighted by Gasteiger charge is -2.57. The van der Waals surface area contributed by atoms with E-state index in [9.17, 15) is 13.0 Å². The molecule has 2 bridgehead atoms. The summed E-state index contributed by atoms with van der Waals surface area (Å²) in [6.07, 6.45) is 2.13. The molecule has 4 rings (SSSR count). The molecular formula is C16H21ClO5S. The molecule has 0 aliphatic carbocycles. The number of ether oxygens (including phenoxy) is 2. The zero-order chi connectivity index (χ0) is 16.7. The number of fused-ring (bicyclic) bond motifs is 3. The van der Waals surface area contributed by atoms with Crippen LogP contribution in [0, 0.1) is 11.3 Å². The van der Waals surface area contributed by atoms with Crippen LogP contribution in [0.25, 0.3) is 0 Å². The molecule has 0 radical (unpaired) electrons. The fourth-order valence-corrected chi connectivity index (χ4v) is 4.93. The Kier molecular flexibility index (Phi) is 4.48. The van der Waals surface area contributed by atoms with Gasteiger partial charge < -0.3 is 9.47 Å². The minimum atomic E-state index is -4.05. The predicted octanol–water partition coefficient (Wildman–Crippen LogP) is 3.23. The molecule has 0 saturated carbocycles. The van der Waals surface area contributed by atoms with Gasteiger partial charge in [-0.1, -0.05) is 37.1 Å². The predicted molar refractivity (Wildman–Crippen MR) is 86.9 cm³/mol. The average Bonchev–Trinajstić information content (AvgIpc) is 2.48. The highest BCUT2D eigenvalue weighted by atomic mass is 35.5. The molecule has 3 aliphatic rings. The van der Waals surface area contributed by atoms with Gasteiger partial charge in [0.15, 0.2) is 5.79 Å². The molecule has 0 spiro atoms. The third kappa shape index (κ3) is 3.28. The fourth-order valence-electron chi connectivity index (χ4n) is 3.82. The van der Waals surface area contributed by atoms with Crippen LogP contribution in [0.3, 0.4) is 0 Å². The first-order chi connectivity index (χ1) is 10.8. The lowest BCUT2D eigenvalue weighted by Crippen LogP contribution is -2.60. The van der Waals surface area contributed by atoms with Gasteiger partial charge in [0.05, 0.1) is 19.0 Å². The van der Waals surface area contributed by atoms with Crippen molar-refractivity contribution < 1.29 is 22.4 Å². The van der Waals surface area contributed by atoms with E-state index in [-0.39, 0.29) is 17.1 Å². The molecule has 7 heteroatoms. The Bertz CT molecular complexity index is 662. The summed E-state index contributed by atoms with van der Waals surface area (Å²) in [5.74, 6) is -1.40. The van der Waals surface area contributed by atoms with Gasteiger partial charge in [-0.15, -0.1) is 0 Å². The van der Waals surface area contributed by atoms with E-state index in [0.717, 1.165) is 18.4 Å². The summed E-state index contributed by atoms with van der Waals surface area (Å²) in [4.78, 5) is 0. The smallest absolute Gasteiger partial charge is 0.265 e. The summed E-state index contributed by atoms with van der Waals surface area (Å²) >= 11 is 5.93. The molecule has 1 atom stereocenters. The van der Waals surface area contributed by atoms with Crippen LogP contribution in [0.1, 0.15) is 31.7 Å². The van der Waals surface area contributed by atoms with E-state index in [4.69, 9.17) is 21.1 Å². The molecule has 1 aromatic carbocycles. The van der Waals surface area contributed by atoms with Crippen LogP contribution < -0.4 is 0 Å². The quantitative estimate of drug-likeness (QED) is 0.816. The lowest BCUT2D eigenvalue weighted by atomic mass is 9.66. The van der Waals surface area contributed by atoms with E-state index >= 15 is 0 Å². The van der Waals surface area contributed by atoms with Crippen LogP contribution in [0.15, 0.2) is 24.3 Å². The number of halogens is 1. The normalized spacial score (nSPS) is 33.8. The Morgan fingerprint density at radius 3 is 2.39 bits per heavy atom. The monoisotopic (exact) mass is 360 g/mol. The largest absolute Gasteiger partial charge is 0.345 e. The highest BCUT2D eigenvalue weighted by Crippen LogP contribution is 2.54. The first kappa shape index (κ1) is 17.2. The van der Waals surface area contributed by atoms with Crippen molar-refractivity contribution in [2.24, 2.45) is 11.3 Å². The van der Waals surface area contributed by atoms with Gasteiger partial charge in [-0.3, -0.25) is 4.55 Å². The van der Waals surface area contributed by atoms with E-state index in [1.54, 1.807) is 12.1 Å². The zero-order valence-electron chi connectivity index (χ0n) is 13.0. The minimum absolute atomic E-state index is 0.198. The van der Waals surface area contributed by atoms with Crippen LogP contribution in [0.5, 0.6) is 0 Å². The van der Waals surface area contributed by atoms with E-state index in [0.29, 0.717) is 24.7 Å². The number of hydrogen-bond donors (Lipinski definition) is 1. The Labute approximate surface area is 141 Å². The van der Waals surface area contributed by atoms with Crippen molar-refractivity contribution in [1.82, 2.24) is 0 Å². The van der Waals surface area contributed by atoms with Crippen LogP contribution in [-0.2, 0) is 25.4 Å². The summed E-state index contributed by atoms with van der Waals surface area (Å²) in [5, 5.41) is 0.617. The molecule has 0 aromatic heterocycles. The van der Waals surface area contributed by atoms with Gasteiger partial charge in [0.25, 0.3) is 10.1 Å². The molecule has 23 heavy (non-hydrogen) atoms. The Hall–Kier alpha value is -0.660. The molecule has 3 heterocycles. The van der Waals surface area contributed by atoms with Gasteiger partial charge in [0, 0.05) is 22.4 Å². The van der Waals surface area contributed by atoms with Crippen LogP contribution in [-0.4, -0.2) is 31.9 Å². The van der Waals surface area contributed by atoms with Gasteiger partial charge in [0.2, 0.25) is 0 Å². The third-order valence-corrected chi connectivity index (χ3v) is 6.09. The van der Waals surface area contributed by atoms with Crippen LogP contribution >= 0.6 is 11.6 Å². The highest BCUT2D eigenvalue weighted by Gasteiger charge is 2.57. The second-order valence-electron chi connectivity index (χ2n) is 6.60. The molecule has 5 nitrogen and oxygen atoms in total. The van der Waals surface area contributed by atoms with E-state index < -0.39 is 15.9 Å². The maximum absolute atomic E-state index is 11.5. The van der Waals surface area contributed by atoms with Crippen molar-refractivity contribution in [3.63, 3.8) is 0 Å². The van der Waals surface area contributed by atoms with E-state index in [1.165, 1.54) is 0 Å². The van der Waals surface area contributed by atoms with Gasteiger partial charge in [0.1, 0.15) is 0 Å². The fraction of sp³-hybridized carbons (Fsp3) is 0.625. The number of hydrogen-bond acceptors (Lipinski definition) is 4. The molecule has 1 aromatic rings. The van der Waals surface area contributed by atoms with Crippen molar-refractivity contribution in [2.75, 3.05) is 19.0 Å². The first-order valence-corrected chi connectivity index (χ1v) is 9.76. The van der Waals surface area contributed by atoms with Crippen LogP contribution in [0.2, 0.25) is 5.02 Å². The third-order valence-electron chi connectivity index (χ3n) is 5.01. The Balaban J connectivity index is 1.93. The summed E-state index contributed by atoms with van der Waals surface area (Å²) in [6, 6.07) is 7.20. The molecule has 3 saturated heterocycles. The van der Waals surface area contributed by atoms with Crippen molar-refractivity contribution >= 4 is 21.7 Å². The molecular weight excluding hydrogens is 340 g/mol. The van der Waals surface area contributed by atoms with Gasteiger partial charge in [-0.05, 0) is 24.5 Å². The average molecular weight is 361 g/mol. The molecule has 1 N–H and O–H groups in total. The second-order valence-corrected chi connectivity index (χ2v) is 8.53. The Morgan fingerprint density at radius 1 is 1.26 bits per heavy atom. The second kappa shape index (κ2) is 6.01. The topological polar surface area (TPSA) is 72.8 Å². The number of rotatable bonds is 5.